The topological polar surface area (TPSA) is 83.6 Å². The van der Waals surface area contributed by atoms with E-state index in [1.165, 1.54) is 11.0 Å². The molecule has 1 unspecified atom stereocenters. The first-order chi connectivity index (χ1) is 6.48. The summed E-state index contributed by atoms with van der Waals surface area (Å²) in [4.78, 5) is 23.2. The Balaban J connectivity index is 2.16. The van der Waals surface area contributed by atoms with E-state index in [-0.39, 0.29) is 12.3 Å². The second-order valence-corrected chi connectivity index (χ2v) is 5.14. The van der Waals surface area contributed by atoms with Crippen molar-refractivity contribution in [2.45, 2.75) is 6.04 Å². The van der Waals surface area contributed by atoms with E-state index in [0.29, 0.717) is 0 Å². The molecule has 0 aromatic carbocycles. The van der Waals surface area contributed by atoms with Crippen LogP contribution in [0.5, 0.6) is 0 Å². The molecule has 2 rings (SSSR count). The number of urea groups is 1. The number of hydrogen-bond acceptors (Lipinski definition) is 4. The van der Waals surface area contributed by atoms with Gasteiger partial charge in [0, 0.05) is 5.41 Å². The molecule has 1 N–H and O–H groups in total. The maximum absolute atomic E-state index is 11.1. The number of nitrogens with zero attached hydrogens (tertiary/aromatic N) is 1. The fraction of sp³-hybridized carbons (Fsp3) is 0.429. The number of amides is 3. The number of hydrogen-bond donors (Lipinski definition) is 1. The van der Waals surface area contributed by atoms with Gasteiger partial charge in [0.1, 0.15) is 6.54 Å². The molecule has 2 heterocycles. The van der Waals surface area contributed by atoms with Gasteiger partial charge in [0.25, 0.3) is 0 Å². The van der Waals surface area contributed by atoms with Crippen molar-refractivity contribution >= 4 is 21.8 Å². The monoisotopic (exact) mass is 216 g/mol. The molecule has 0 radical (unpaired) electrons. The Morgan fingerprint density at radius 3 is 2.57 bits per heavy atom. The van der Waals surface area contributed by atoms with Crippen molar-refractivity contribution in [1.82, 2.24) is 10.2 Å². The lowest BCUT2D eigenvalue weighted by Gasteiger charge is -2.18. The van der Waals surface area contributed by atoms with Gasteiger partial charge in [0.2, 0.25) is 5.91 Å². The molecule has 0 bridgehead atoms. The maximum Gasteiger partial charge on any atom is 0.325 e. The second-order valence-electron chi connectivity index (χ2n) is 3.21. The molecule has 1 fully saturated rings. The van der Waals surface area contributed by atoms with E-state index in [4.69, 9.17) is 0 Å². The third kappa shape index (κ3) is 1.50. The number of sulfone groups is 1. The van der Waals surface area contributed by atoms with Gasteiger partial charge in [-0.1, -0.05) is 0 Å². The summed E-state index contributed by atoms with van der Waals surface area (Å²) in [5, 5.41) is 3.17. The fourth-order valence-electron chi connectivity index (χ4n) is 1.48. The number of carbonyl (C=O) groups excluding carboxylic acids is 2. The summed E-state index contributed by atoms with van der Waals surface area (Å²) >= 11 is 0. The van der Waals surface area contributed by atoms with Crippen molar-refractivity contribution in [3.8, 4) is 0 Å². The SMILES string of the molecule is O=C1CN(C2C=CS(=O)(=O)C2)C(=O)N1. The molecular formula is C7H8N2O4S. The van der Waals surface area contributed by atoms with Crippen LogP contribution in [0.25, 0.3) is 0 Å². The standard InChI is InChI=1S/C7H8N2O4S/c10-6-3-9(7(11)8-6)5-1-2-14(12,13)4-5/h1-2,5H,3-4H2,(H,8,10,11). The molecule has 1 atom stereocenters. The lowest BCUT2D eigenvalue weighted by Crippen LogP contribution is -2.38. The van der Waals surface area contributed by atoms with E-state index >= 15 is 0 Å². The van der Waals surface area contributed by atoms with Crippen molar-refractivity contribution < 1.29 is 18.0 Å². The molecule has 2 aliphatic heterocycles. The van der Waals surface area contributed by atoms with Gasteiger partial charge in [-0.15, -0.1) is 0 Å². The molecule has 0 aromatic heterocycles. The third-order valence-corrected chi connectivity index (χ3v) is 3.51. The minimum absolute atomic E-state index is 0.0661. The quantitative estimate of drug-likeness (QED) is 0.561. The van der Waals surface area contributed by atoms with Gasteiger partial charge in [0.15, 0.2) is 9.84 Å². The lowest BCUT2D eigenvalue weighted by atomic mass is 10.3. The van der Waals surface area contributed by atoms with E-state index in [1.54, 1.807) is 0 Å². The Bertz CT molecular complexity index is 425. The summed E-state index contributed by atoms with van der Waals surface area (Å²) in [6.45, 7) is -0.0661. The van der Waals surface area contributed by atoms with E-state index in [1.807, 2.05) is 0 Å². The molecule has 14 heavy (non-hydrogen) atoms. The Kier molecular flexibility index (Phi) is 1.84. The van der Waals surface area contributed by atoms with Crippen LogP contribution in [-0.4, -0.2) is 43.6 Å². The Labute approximate surface area is 80.5 Å². The Morgan fingerprint density at radius 2 is 2.14 bits per heavy atom. The largest absolute Gasteiger partial charge is 0.325 e. The number of imide groups is 1. The lowest BCUT2D eigenvalue weighted by molar-refractivity contribution is -0.118. The Morgan fingerprint density at radius 1 is 1.43 bits per heavy atom. The molecule has 1 saturated heterocycles. The van der Waals surface area contributed by atoms with Gasteiger partial charge in [-0.3, -0.25) is 10.1 Å². The molecule has 7 heteroatoms. The van der Waals surface area contributed by atoms with Crippen LogP contribution in [0, 0.1) is 0 Å². The van der Waals surface area contributed by atoms with Gasteiger partial charge in [-0.05, 0) is 6.08 Å². The van der Waals surface area contributed by atoms with Crippen molar-refractivity contribution in [1.29, 1.82) is 0 Å². The van der Waals surface area contributed by atoms with E-state index in [9.17, 15) is 18.0 Å². The highest BCUT2D eigenvalue weighted by Crippen LogP contribution is 2.16. The molecule has 0 saturated carbocycles. The number of nitrogens with one attached hydrogen (secondary N) is 1. The fourth-order valence-corrected chi connectivity index (χ4v) is 2.78. The zero-order valence-corrected chi connectivity index (χ0v) is 7.95. The number of rotatable bonds is 1. The van der Waals surface area contributed by atoms with Gasteiger partial charge >= 0.3 is 6.03 Å². The minimum atomic E-state index is -3.19. The van der Waals surface area contributed by atoms with Crippen LogP contribution >= 0.6 is 0 Å². The van der Waals surface area contributed by atoms with Gasteiger partial charge in [-0.2, -0.15) is 0 Å². The van der Waals surface area contributed by atoms with Crippen LogP contribution in [0.1, 0.15) is 0 Å². The summed E-state index contributed by atoms with van der Waals surface area (Å²) in [5.41, 5.74) is 0. The second kappa shape index (κ2) is 2.81. The molecule has 0 aliphatic carbocycles. The minimum Gasteiger partial charge on any atom is -0.308 e. The van der Waals surface area contributed by atoms with E-state index in [2.05, 4.69) is 5.32 Å². The summed E-state index contributed by atoms with van der Waals surface area (Å²) in [6, 6.07) is -1.03. The van der Waals surface area contributed by atoms with E-state index in [0.717, 1.165) is 5.41 Å². The highest BCUT2D eigenvalue weighted by atomic mass is 32.2. The molecule has 0 spiro atoms. The summed E-state index contributed by atoms with van der Waals surface area (Å²) in [7, 11) is -3.19. The Hall–Kier alpha value is -1.37. The first-order valence-corrected chi connectivity index (χ1v) is 5.71. The average Bonchev–Trinajstić information content (AvgIpc) is 2.55. The highest BCUT2D eigenvalue weighted by molar-refractivity contribution is 7.94. The normalized spacial score (nSPS) is 29.7. The molecular weight excluding hydrogens is 208 g/mol. The van der Waals surface area contributed by atoms with Crippen molar-refractivity contribution in [2.75, 3.05) is 12.3 Å². The average molecular weight is 216 g/mol. The first-order valence-electron chi connectivity index (χ1n) is 3.99. The van der Waals surface area contributed by atoms with Gasteiger partial charge in [-0.25, -0.2) is 13.2 Å². The number of carbonyl (C=O) groups is 2. The third-order valence-electron chi connectivity index (χ3n) is 2.13. The zero-order chi connectivity index (χ0) is 10.3. The maximum atomic E-state index is 11.1. The first kappa shape index (κ1) is 9.20. The molecule has 6 nitrogen and oxygen atoms in total. The van der Waals surface area contributed by atoms with Crippen LogP contribution in [0.15, 0.2) is 11.5 Å². The van der Waals surface area contributed by atoms with Gasteiger partial charge < -0.3 is 4.90 Å². The zero-order valence-electron chi connectivity index (χ0n) is 7.13. The van der Waals surface area contributed by atoms with Crippen LogP contribution in [0.2, 0.25) is 0 Å². The van der Waals surface area contributed by atoms with Crippen LogP contribution in [0.4, 0.5) is 4.79 Å². The highest BCUT2D eigenvalue weighted by Gasteiger charge is 2.35. The summed E-state index contributed by atoms with van der Waals surface area (Å²) in [5.74, 6) is -0.527. The smallest absolute Gasteiger partial charge is 0.308 e. The summed E-state index contributed by atoms with van der Waals surface area (Å²) in [6.07, 6.45) is 1.42. The van der Waals surface area contributed by atoms with Crippen LogP contribution in [-0.2, 0) is 14.6 Å². The molecule has 3 amide bonds. The van der Waals surface area contributed by atoms with E-state index < -0.39 is 27.8 Å². The van der Waals surface area contributed by atoms with Crippen molar-refractivity contribution in [3.63, 3.8) is 0 Å². The van der Waals surface area contributed by atoms with Crippen LogP contribution < -0.4 is 5.32 Å². The molecule has 76 valence electrons. The predicted octanol–water partition coefficient (Wildman–Crippen LogP) is -1.15. The molecule has 0 aromatic rings. The molecule has 2 aliphatic rings. The predicted molar refractivity (Wildman–Crippen MR) is 47.0 cm³/mol. The van der Waals surface area contributed by atoms with Gasteiger partial charge in [0.05, 0.1) is 11.8 Å². The van der Waals surface area contributed by atoms with Crippen LogP contribution in [0.3, 0.4) is 0 Å². The summed E-state index contributed by atoms with van der Waals surface area (Å²) < 4.78 is 22.1. The van der Waals surface area contributed by atoms with Crippen molar-refractivity contribution in [3.05, 3.63) is 11.5 Å². The van der Waals surface area contributed by atoms with Crippen molar-refractivity contribution in [2.24, 2.45) is 0 Å².